The van der Waals surface area contributed by atoms with E-state index in [1.54, 1.807) is 60.7 Å². The van der Waals surface area contributed by atoms with Crippen LogP contribution < -0.4 is 4.72 Å². The Kier molecular flexibility index (Phi) is 6.30. The van der Waals surface area contributed by atoms with E-state index in [4.69, 9.17) is 16.3 Å². The maximum Gasteiger partial charge on any atom is 0.333 e. The van der Waals surface area contributed by atoms with Crippen LogP contribution in [0.3, 0.4) is 0 Å². The topological polar surface area (TPSA) is 130 Å². The average molecular weight is 522 g/mol. The molecule has 0 amide bonds. The quantitative estimate of drug-likeness (QED) is 0.392. The molecule has 1 fully saturated rings. The van der Waals surface area contributed by atoms with Crippen molar-refractivity contribution >= 4 is 44.9 Å². The zero-order valence-corrected chi connectivity index (χ0v) is 20.2. The van der Waals surface area contributed by atoms with E-state index in [9.17, 15) is 28.2 Å². The van der Waals surface area contributed by atoms with Crippen molar-refractivity contribution < 1.29 is 33.0 Å². The lowest BCUT2D eigenvalue weighted by molar-refractivity contribution is -0.152. The Hall–Kier alpha value is -2.76. The van der Waals surface area contributed by atoms with Crippen LogP contribution in [0.4, 0.5) is 0 Å². The van der Waals surface area contributed by atoms with E-state index in [0.29, 0.717) is 15.5 Å². The maximum atomic E-state index is 13.3. The van der Waals surface area contributed by atoms with Gasteiger partial charge in [0.1, 0.15) is 9.75 Å². The molecule has 3 aromatic rings. The van der Waals surface area contributed by atoms with Gasteiger partial charge in [0.2, 0.25) is 0 Å². The van der Waals surface area contributed by atoms with Crippen molar-refractivity contribution in [2.45, 2.75) is 27.7 Å². The lowest BCUT2D eigenvalue weighted by Gasteiger charge is -2.28. The van der Waals surface area contributed by atoms with Gasteiger partial charge in [-0.1, -0.05) is 54.1 Å². The summed E-state index contributed by atoms with van der Waals surface area (Å²) in [6.45, 7) is 0. The fraction of sp³-hybridized carbons (Fsp3) is 0.217. The van der Waals surface area contributed by atoms with E-state index >= 15 is 0 Å². The van der Waals surface area contributed by atoms with Gasteiger partial charge in [-0.3, -0.25) is 4.79 Å². The van der Waals surface area contributed by atoms with Gasteiger partial charge in [-0.2, -0.15) is 4.72 Å². The molecule has 4 rings (SSSR count). The van der Waals surface area contributed by atoms with Crippen molar-refractivity contribution in [2.24, 2.45) is 0 Å². The summed E-state index contributed by atoms with van der Waals surface area (Å²) in [5.41, 5.74) is -2.66. The number of ether oxygens (including phenoxy) is 1. The molecule has 178 valence electrons. The molecule has 0 spiro atoms. The average Bonchev–Trinajstić information content (AvgIpc) is 3.18. The summed E-state index contributed by atoms with van der Waals surface area (Å²) in [6.07, 6.45) is -1.89. The van der Waals surface area contributed by atoms with Crippen molar-refractivity contribution in [3.8, 4) is 10.4 Å². The minimum atomic E-state index is -4.33. The van der Waals surface area contributed by atoms with Gasteiger partial charge in [-0.15, -0.1) is 11.3 Å². The van der Waals surface area contributed by atoms with E-state index in [-0.39, 0.29) is 10.6 Å². The molecular formula is C23H20ClNO7S2. The lowest BCUT2D eigenvalue weighted by Crippen LogP contribution is -2.53. The SMILES string of the molecule is COC(C(=O)O)[C@@]1(c2ccccc2)C[C@]1(NS(=O)(=O)c1ccc(-c2ccc(Cl)cc2)s1)C(=O)O. The van der Waals surface area contributed by atoms with E-state index in [1.807, 2.05) is 0 Å². The van der Waals surface area contributed by atoms with Crippen LogP contribution in [0, 0.1) is 0 Å². The molecule has 0 saturated heterocycles. The largest absolute Gasteiger partial charge is 0.480 e. The molecule has 1 aliphatic rings. The maximum absolute atomic E-state index is 13.3. The molecule has 1 aliphatic carbocycles. The number of thiophene rings is 1. The smallest absolute Gasteiger partial charge is 0.333 e. The first-order valence-electron chi connectivity index (χ1n) is 10.0. The van der Waals surface area contributed by atoms with Gasteiger partial charge in [-0.05, 0) is 41.8 Å². The second-order valence-corrected chi connectivity index (χ2v) is 11.3. The van der Waals surface area contributed by atoms with Crippen LogP contribution in [0.15, 0.2) is 70.9 Å². The van der Waals surface area contributed by atoms with E-state index in [1.165, 1.54) is 6.07 Å². The number of hydrogen-bond acceptors (Lipinski definition) is 6. The summed E-state index contributed by atoms with van der Waals surface area (Å²) >= 11 is 6.87. The van der Waals surface area contributed by atoms with Crippen LogP contribution in [-0.2, 0) is 29.8 Å². The second-order valence-electron chi connectivity index (χ2n) is 7.91. The van der Waals surface area contributed by atoms with Crippen molar-refractivity contribution in [3.05, 3.63) is 77.3 Å². The predicted octanol–water partition coefficient (Wildman–Crippen LogP) is 3.61. The Morgan fingerprint density at radius 2 is 1.71 bits per heavy atom. The third-order valence-electron chi connectivity index (χ3n) is 6.03. The molecule has 2 aromatic carbocycles. The third kappa shape index (κ3) is 3.91. The summed E-state index contributed by atoms with van der Waals surface area (Å²) < 4.78 is 34.0. The van der Waals surface area contributed by atoms with Gasteiger partial charge < -0.3 is 14.9 Å². The standard InChI is InChI=1S/C23H20ClNO7S2/c1-32-19(20(26)27)22(15-5-3-2-4-6-15)13-23(22,21(28)29)25-34(30,31)18-12-11-17(33-18)14-7-9-16(24)10-8-14/h2-12,19,25H,13H2,1H3,(H,26,27)(H,28,29)/t19?,22-,23-/m0/s1. The first-order valence-corrected chi connectivity index (χ1v) is 12.7. The number of aliphatic carboxylic acids is 2. The molecular weight excluding hydrogens is 502 g/mol. The number of hydrogen-bond donors (Lipinski definition) is 3. The van der Waals surface area contributed by atoms with Crippen molar-refractivity contribution in [2.75, 3.05) is 7.11 Å². The lowest BCUT2D eigenvalue weighted by atomic mass is 9.85. The van der Waals surface area contributed by atoms with Crippen LogP contribution in [0.25, 0.3) is 10.4 Å². The molecule has 1 unspecified atom stereocenters. The number of halogens is 1. The van der Waals surface area contributed by atoms with Crippen LogP contribution in [-0.4, -0.2) is 49.3 Å². The predicted molar refractivity (Wildman–Crippen MR) is 127 cm³/mol. The fourth-order valence-corrected chi connectivity index (χ4v) is 7.24. The molecule has 1 saturated carbocycles. The van der Waals surface area contributed by atoms with Crippen molar-refractivity contribution in [1.29, 1.82) is 0 Å². The monoisotopic (exact) mass is 521 g/mol. The zero-order chi connectivity index (χ0) is 24.7. The molecule has 3 atom stereocenters. The van der Waals surface area contributed by atoms with E-state index < -0.39 is 39.0 Å². The number of carboxylic acids is 2. The minimum Gasteiger partial charge on any atom is -0.480 e. The van der Waals surface area contributed by atoms with Crippen molar-refractivity contribution in [3.63, 3.8) is 0 Å². The number of carbonyl (C=O) groups is 2. The first kappa shape index (κ1) is 24.4. The third-order valence-corrected chi connectivity index (χ3v) is 9.40. The highest BCUT2D eigenvalue weighted by Crippen LogP contribution is 2.61. The fourth-order valence-electron chi connectivity index (χ4n) is 4.39. The first-order chi connectivity index (χ1) is 16.1. The summed E-state index contributed by atoms with van der Waals surface area (Å²) in [7, 11) is -3.18. The van der Waals surface area contributed by atoms with Gasteiger partial charge in [0.25, 0.3) is 10.0 Å². The highest BCUT2D eigenvalue weighted by molar-refractivity contribution is 7.91. The molecule has 1 aromatic heterocycles. The summed E-state index contributed by atoms with van der Waals surface area (Å²) in [5, 5.41) is 20.5. The molecule has 0 bridgehead atoms. The molecule has 34 heavy (non-hydrogen) atoms. The van der Waals surface area contributed by atoms with Gasteiger partial charge in [0.15, 0.2) is 6.10 Å². The van der Waals surface area contributed by atoms with Gasteiger partial charge in [-0.25, -0.2) is 13.2 Å². The minimum absolute atomic E-state index is 0.101. The molecule has 0 radical (unpaired) electrons. The number of nitrogens with one attached hydrogen (secondary N) is 1. The second kappa shape index (κ2) is 8.79. The Morgan fingerprint density at radius 1 is 1.06 bits per heavy atom. The molecule has 0 aliphatic heterocycles. The highest BCUT2D eigenvalue weighted by Gasteiger charge is 2.79. The molecule has 11 heteroatoms. The van der Waals surface area contributed by atoms with E-state index in [0.717, 1.165) is 24.0 Å². The Bertz CT molecular complexity index is 1340. The Labute approximate surface area is 204 Å². The van der Waals surface area contributed by atoms with Gasteiger partial charge in [0, 0.05) is 17.0 Å². The van der Waals surface area contributed by atoms with Gasteiger partial charge in [0.05, 0.1) is 5.41 Å². The summed E-state index contributed by atoms with van der Waals surface area (Å²) in [4.78, 5) is 25.2. The summed E-state index contributed by atoms with van der Waals surface area (Å²) in [6, 6.07) is 17.9. The summed E-state index contributed by atoms with van der Waals surface area (Å²) in [5.74, 6) is -2.88. The van der Waals surface area contributed by atoms with Crippen LogP contribution in [0.2, 0.25) is 5.02 Å². The number of methoxy groups -OCH3 is 1. The Balaban J connectivity index is 1.75. The van der Waals surface area contributed by atoms with Crippen LogP contribution in [0.1, 0.15) is 12.0 Å². The zero-order valence-electron chi connectivity index (χ0n) is 17.8. The molecule has 3 N–H and O–H groups in total. The van der Waals surface area contributed by atoms with Crippen LogP contribution >= 0.6 is 22.9 Å². The van der Waals surface area contributed by atoms with Crippen molar-refractivity contribution in [1.82, 2.24) is 4.72 Å². The van der Waals surface area contributed by atoms with Gasteiger partial charge >= 0.3 is 11.9 Å². The number of carboxylic acid groups (broad SMARTS) is 2. The number of benzene rings is 2. The highest BCUT2D eigenvalue weighted by atomic mass is 35.5. The number of sulfonamides is 1. The molecule has 8 nitrogen and oxygen atoms in total. The molecule has 1 heterocycles. The Morgan fingerprint density at radius 3 is 2.26 bits per heavy atom. The van der Waals surface area contributed by atoms with Crippen LogP contribution in [0.5, 0.6) is 0 Å². The number of rotatable bonds is 9. The normalized spacial score (nSPS) is 22.8. The van der Waals surface area contributed by atoms with E-state index in [2.05, 4.69) is 4.72 Å².